The Morgan fingerprint density at radius 3 is 2.39 bits per heavy atom. The second kappa shape index (κ2) is 6.45. The molecule has 0 aliphatic heterocycles. The van der Waals surface area contributed by atoms with Crippen LogP contribution in [0, 0.1) is 0 Å². The van der Waals surface area contributed by atoms with Crippen molar-refractivity contribution in [1.82, 2.24) is 15.2 Å². The van der Waals surface area contributed by atoms with Crippen LogP contribution in [-0.4, -0.2) is 33.1 Å². The van der Waals surface area contributed by atoms with Gasteiger partial charge in [-0.1, -0.05) is 29.8 Å². The summed E-state index contributed by atoms with van der Waals surface area (Å²) in [6.45, 7) is 5.19. The van der Waals surface area contributed by atoms with Gasteiger partial charge < -0.3 is 4.90 Å². The fourth-order valence-corrected chi connectivity index (χ4v) is 2.67. The maximum absolute atomic E-state index is 4.72. The van der Waals surface area contributed by atoms with Crippen molar-refractivity contribution >= 4 is 21.9 Å². The van der Waals surface area contributed by atoms with Crippen LogP contribution in [0.1, 0.15) is 44.5 Å². The van der Waals surface area contributed by atoms with E-state index in [1.54, 1.807) is 0 Å². The highest BCUT2D eigenvalue weighted by Gasteiger charge is 2.27. The highest BCUT2D eigenvalue weighted by atomic mass is 79.9. The molecule has 0 saturated heterocycles. The number of rotatable bonds is 6. The minimum atomic E-state index is 0.613. The van der Waals surface area contributed by atoms with Crippen molar-refractivity contribution < 1.29 is 0 Å². The minimum Gasteiger partial charge on any atom is -0.336 e. The largest absolute Gasteiger partial charge is 0.336 e. The van der Waals surface area contributed by atoms with Gasteiger partial charge in [0.2, 0.25) is 5.95 Å². The molecular weight excluding hydrogens is 292 g/mol. The van der Waals surface area contributed by atoms with Gasteiger partial charge in [0, 0.05) is 17.9 Å². The quantitative estimate of drug-likeness (QED) is 0.757. The first kappa shape index (κ1) is 13.7. The smallest absolute Gasteiger partial charge is 0.245 e. The lowest BCUT2D eigenvalue weighted by Gasteiger charge is -2.37. The average Bonchev–Trinajstić information content (AvgIpc) is 2.35. The van der Waals surface area contributed by atoms with E-state index in [0.717, 1.165) is 42.1 Å². The third-order valence-electron chi connectivity index (χ3n) is 3.60. The van der Waals surface area contributed by atoms with E-state index in [4.69, 9.17) is 4.98 Å². The van der Waals surface area contributed by atoms with Crippen molar-refractivity contribution in [2.45, 2.75) is 52.0 Å². The molecule has 5 heteroatoms. The molecule has 1 heterocycles. The molecule has 0 unspecified atom stereocenters. The van der Waals surface area contributed by atoms with Crippen LogP contribution in [0.5, 0.6) is 0 Å². The van der Waals surface area contributed by atoms with Crippen LogP contribution in [0.2, 0.25) is 0 Å². The predicted octanol–water partition coefficient (Wildman–Crippen LogP) is 2.75. The van der Waals surface area contributed by atoms with Gasteiger partial charge in [-0.3, -0.25) is 0 Å². The zero-order chi connectivity index (χ0) is 13.0. The second-order valence-electron chi connectivity index (χ2n) is 4.68. The number of aromatic nitrogens is 3. The van der Waals surface area contributed by atoms with Crippen molar-refractivity contribution in [3.63, 3.8) is 0 Å². The van der Waals surface area contributed by atoms with E-state index in [1.807, 2.05) is 0 Å². The maximum atomic E-state index is 4.72. The predicted molar refractivity (Wildman–Crippen MR) is 77.4 cm³/mol. The number of hydrogen-bond acceptors (Lipinski definition) is 4. The number of anilines is 1. The van der Waals surface area contributed by atoms with E-state index in [2.05, 4.69) is 44.9 Å². The highest BCUT2D eigenvalue weighted by Crippen LogP contribution is 2.27. The van der Waals surface area contributed by atoms with Gasteiger partial charge in [-0.15, -0.1) is 5.10 Å². The van der Waals surface area contributed by atoms with E-state index >= 15 is 0 Å². The highest BCUT2D eigenvalue weighted by molar-refractivity contribution is 9.09. The van der Waals surface area contributed by atoms with Crippen molar-refractivity contribution in [2.75, 3.05) is 16.8 Å². The van der Waals surface area contributed by atoms with E-state index in [0.29, 0.717) is 6.04 Å². The molecule has 1 aliphatic rings. The first-order chi connectivity index (χ1) is 8.80. The maximum Gasteiger partial charge on any atom is 0.245 e. The Labute approximate surface area is 117 Å². The monoisotopic (exact) mass is 312 g/mol. The number of aryl methyl sites for hydroxylation is 2. The molecule has 1 saturated carbocycles. The molecule has 1 aromatic rings. The van der Waals surface area contributed by atoms with Crippen molar-refractivity contribution in [3.8, 4) is 0 Å². The average molecular weight is 313 g/mol. The number of hydrogen-bond donors (Lipinski definition) is 0. The summed E-state index contributed by atoms with van der Waals surface area (Å²) in [5.74, 6) is 0.813. The summed E-state index contributed by atoms with van der Waals surface area (Å²) < 4.78 is 0. The van der Waals surface area contributed by atoms with E-state index in [-0.39, 0.29) is 0 Å². The minimum absolute atomic E-state index is 0.613. The summed E-state index contributed by atoms with van der Waals surface area (Å²) in [6, 6.07) is 0.613. The van der Waals surface area contributed by atoms with Crippen molar-refractivity contribution in [2.24, 2.45) is 0 Å². The Balaban J connectivity index is 2.23. The lowest BCUT2D eigenvalue weighted by atomic mass is 9.92. The van der Waals surface area contributed by atoms with Gasteiger partial charge in [-0.05, 0) is 32.1 Å². The van der Waals surface area contributed by atoms with Crippen LogP contribution in [0.15, 0.2) is 0 Å². The number of halogens is 1. The first-order valence-electron chi connectivity index (χ1n) is 6.85. The Hall–Kier alpha value is -0.710. The molecule has 1 fully saturated rings. The second-order valence-corrected chi connectivity index (χ2v) is 5.47. The molecule has 0 aromatic carbocycles. The molecule has 2 rings (SSSR count). The lowest BCUT2D eigenvalue weighted by molar-refractivity contribution is 0.385. The van der Waals surface area contributed by atoms with Gasteiger partial charge in [-0.2, -0.15) is 5.10 Å². The summed E-state index contributed by atoms with van der Waals surface area (Å²) in [5, 5.41) is 9.61. The number of nitrogens with zero attached hydrogens (tertiary/aromatic N) is 4. The zero-order valence-corrected chi connectivity index (χ0v) is 12.8. The molecule has 1 aromatic heterocycles. The van der Waals surface area contributed by atoms with Gasteiger partial charge in [0.1, 0.15) is 0 Å². The van der Waals surface area contributed by atoms with Crippen LogP contribution in [-0.2, 0) is 12.8 Å². The van der Waals surface area contributed by atoms with Gasteiger partial charge >= 0.3 is 0 Å². The Kier molecular flexibility index (Phi) is 4.92. The zero-order valence-electron chi connectivity index (χ0n) is 11.2. The molecule has 18 heavy (non-hydrogen) atoms. The summed E-state index contributed by atoms with van der Waals surface area (Å²) in [6.07, 6.45) is 5.68. The first-order valence-corrected chi connectivity index (χ1v) is 7.97. The van der Waals surface area contributed by atoms with Gasteiger partial charge in [0.25, 0.3) is 0 Å². The summed E-state index contributed by atoms with van der Waals surface area (Å²) in [7, 11) is 0. The normalized spacial score (nSPS) is 15.5. The molecule has 1 aliphatic carbocycles. The van der Waals surface area contributed by atoms with E-state index in [1.165, 1.54) is 19.3 Å². The molecule has 0 N–H and O–H groups in total. The van der Waals surface area contributed by atoms with Gasteiger partial charge in [0.05, 0.1) is 11.4 Å². The topological polar surface area (TPSA) is 41.9 Å². The fraction of sp³-hybridized carbons (Fsp3) is 0.769. The van der Waals surface area contributed by atoms with Crippen molar-refractivity contribution in [1.29, 1.82) is 0 Å². The van der Waals surface area contributed by atoms with E-state index < -0.39 is 0 Å². The third-order valence-corrected chi connectivity index (χ3v) is 3.95. The molecule has 0 spiro atoms. The van der Waals surface area contributed by atoms with Crippen LogP contribution >= 0.6 is 15.9 Å². The molecule has 0 radical (unpaired) electrons. The Morgan fingerprint density at radius 1 is 1.17 bits per heavy atom. The fourth-order valence-electron chi connectivity index (χ4n) is 2.29. The van der Waals surface area contributed by atoms with Gasteiger partial charge in [-0.25, -0.2) is 4.98 Å². The Morgan fingerprint density at radius 2 is 1.89 bits per heavy atom. The molecule has 0 amide bonds. The summed E-state index contributed by atoms with van der Waals surface area (Å²) in [4.78, 5) is 7.02. The van der Waals surface area contributed by atoms with Crippen LogP contribution in [0.25, 0.3) is 0 Å². The van der Waals surface area contributed by atoms with Crippen LogP contribution in [0.3, 0.4) is 0 Å². The van der Waals surface area contributed by atoms with Crippen LogP contribution < -0.4 is 4.90 Å². The Bertz CT molecular complexity index is 393. The van der Waals surface area contributed by atoms with Crippen molar-refractivity contribution in [3.05, 3.63) is 11.4 Å². The standard InChI is InChI=1S/C13H21BrN4/c1-3-11-12(4-2)16-17-13(15-11)18(9-8-14)10-6-5-7-10/h10H,3-9H2,1-2H3. The molecular formula is C13H21BrN4. The van der Waals surface area contributed by atoms with Gasteiger partial charge in [0.15, 0.2) is 0 Å². The van der Waals surface area contributed by atoms with Crippen LogP contribution in [0.4, 0.5) is 5.95 Å². The third kappa shape index (κ3) is 2.82. The van der Waals surface area contributed by atoms with E-state index in [9.17, 15) is 0 Å². The molecule has 4 nitrogen and oxygen atoms in total. The number of alkyl halides is 1. The lowest BCUT2D eigenvalue weighted by Crippen LogP contribution is -2.42. The molecule has 0 atom stereocenters. The molecule has 100 valence electrons. The SMILES string of the molecule is CCc1nnc(N(CCBr)C2CCC2)nc1CC. The summed E-state index contributed by atoms with van der Waals surface area (Å²) in [5.41, 5.74) is 2.13. The summed E-state index contributed by atoms with van der Waals surface area (Å²) >= 11 is 3.51. The molecule has 0 bridgehead atoms.